The number of hydrogen-bond donors (Lipinski definition) is 2. The first-order chi connectivity index (χ1) is 9.77. The van der Waals surface area contributed by atoms with Gasteiger partial charge in [-0.05, 0) is 37.0 Å². The van der Waals surface area contributed by atoms with Crippen LogP contribution in [0.1, 0.15) is 56.0 Å². The van der Waals surface area contributed by atoms with Crippen LogP contribution in [-0.2, 0) is 15.8 Å². The van der Waals surface area contributed by atoms with Crippen molar-refractivity contribution in [3.8, 4) is 0 Å². The maximum atomic E-state index is 12.3. The summed E-state index contributed by atoms with van der Waals surface area (Å²) >= 11 is 0. The zero-order valence-corrected chi connectivity index (χ0v) is 13.5. The van der Waals surface area contributed by atoms with Gasteiger partial charge in [-0.15, -0.1) is 0 Å². The molecule has 0 aromatic heterocycles. The smallest absolute Gasteiger partial charge is 0.335 e. The van der Waals surface area contributed by atoms with Crippen LogP contribution in [0.3, 0.4) is 0 Å². The Morgan fingerprint density at radius 1 is 1.10 bits per heavy atom. The van der Waals surface area contributed by atoms with E-state index in [4.69, 9.17) is 5.11 Å². The molecule has 0 aliphatic carbocycles. The van der Waals surface area contributed by atoms with Crippen molar-refractivity contribution in [1.82, 2.24) is 4.72 Å². The largest absolute Gasteiger partial charge is 0.478 e. The molecule has 1 rings (SSSR count). The molecule has 0 aliphatic rings. The first-order valence-electron chi connectivity index (χ1n) is 7.11. The second-order valence-electron chi connectivity index (χ2n) is 5.20. The van der Waals surface area contributed by atoms with Crippen LogP contribution in [0.2, 0.25) is 0 Å². The molecule has 5 nitrogen and oxygen atoms in total. The minimum atomic E-state index is -3.46. The van der Waals surface area contributed by atoms with E-state index in [0.717, 1.165) is 19.3 Å². The molecular weight excluding hydrogens is 290 g/mol. The molecule has 0 saturated carbocycles. The highest BCUT2D eigenvalue weighted by Crippen LogP contribution is 2.21. The van der Waals surface area contributed by atoms with Gasteiger partial charge in [-0.3, -0.25) is 0 Å². The number of benzene rings is 1. The Hall–Kier alpha value is -1.40. The summed E-state index contributed by atoms with van der Waals surface area (Å²) in [5.74, 6) is -1.17. The summed E-state index contributed by atoms with van der Waals surface area (Å²) in [5, 5.41) is 8.83. The standard InChI is InChI=1S/C15H23NO4S/c1-4-15(5-2,6-3)16-21(19,20)11-12-7-9-13(10-8-12)14(17)18/h7-10,16H,4-6,11H2,1-3H3,(H,17,18). The van der Waals surface area contributed by atoms with Crippen LogP contribution in [0.5, 0.6) is 0 Å². The first kappa shape index (κ1) is 17.7. The summed E-state index contributed by atoms with van der Waals surface area (Å²) in [6.07, 6.45) is 2.20. The lowest BCUT2D eigenvalue weighted by molar-refractivity contribution is 0.0697. The average Bonchev–Trinajstić information content (AvgIpc) is 2.45. The zero-order valence-electron chi connectivity index (χ0n) is 12.7. The Kier molecular flexibility index (Phi) is 5.92. The van der Waals surface area contributed by atoms with Crippen LogP contribution in [0, 0.1) is 0 Å². The number of hydrogen-bond acceptors (Lipinski definition) is 3. The van der Waals surface area contributed by atoms with E-state index < -0.39 is 21.5 Å². The van der Waals surface area contributed by atoms with Crippen LogP contribution < -0.4 is 4.72 Å². The first-order valence-corrected chi connectivity index (χ1v) is 8.76. The lowest BCUT2D eigenvalue weighted by Gasteiger charge is -2.31. The van der Waals surface area contributed by atoms with Crippen molar-refractivity contribution >= 4 is 16.0 Å². The third-order valence-electron chi connectivity index (χ3n) is 3.96. The van der Waals surface area contributed by atoms with Gasteiger partial charge in [0, 0.05) is 5.54 Å². The van der Waals surface area contributed by atoms with Crippen LogP contribution in [0.25, 0.3) is 0 Å². The van der Waals surface area contributed by atoms with Gasteiger partial charge < -0.3 is 5.11 Å². The molecule has 0 unspecified atom stereocenters. The Bertz CT molecular complexity index is 566. The molecule has 0 amide bonds. The summed E-state index contributed by atoms with van der Waals surface area (Å²) in [5.41, 5.74) is 0.318. The molecule has 0 bridgehead atoms. The van der Waals surface area contributed by atoms with Crippen LogP contribution in [0.4, 0.5) is 0 Å². The highest BCUT2D eigenvalue weighted by atomic mass is 32.2. The molecule has 1 aromatic carbocycles. The van der Waals surface area contributed by atoms with E-state index in [1.54, 1.807) is 0 Å². The number of carboxylic acid groups (broad SMARTS) is 1. The SMILES string of the molecule is CCC(CC)(CC)NS(=O)(=O)Cc1ccc(C(=O)O)cc1. The van der Waals surface area contributed by atoms with E-state index in [9.17, 15) is 13.2 Å². The lowest BCUT2D eigenvalue weighted by Crippen LogP contribution is -2.47. The van der Waals surface area contributed by atoms with Gasteiger partial charge in [0.25, 0.3) is 0 Å². The minimum Gasteiger partial charge on any atom is -0.478 e. The van der Waals surface area contributed by atoms with Gasteiger partial charge >= 0.3 is 5.97 Å². The van der Waals surface area contributed by atoms with E-state index >= 15 is 0 Å². The number of carbonyl (C=O) groups is 1. The molecule has 0 spiro atoms. The zero-order chi connectivity index (χ0) is 16.1. The second kappa shape index (κ2) is 7.04. The minimum absolute atomic E-state index is 0.144. The van der Waals surface area contributed by atoms with Crippen molar-refractivity contribution in [3.63, 3.8) is 0 Å². The van der Waals surface area contributed by atoms with E-state index in [2.05, 4.69) is 4.72 Å². The Labute approximate surface area is 126 Å². The Morgan fingerprint density at radius 3 is 1.95 bits per heavy atom. The van der Waals surface area contributed by atoms with Crippen molar-refractivity contribution in [2.24, 2.45) is 0 Å². The fourth-order valence-electron chi connectivity index (χ4n) is 2.30. The number of rotatable bonds is 8. The van der Waals surface area contributed by atoms with Crippen molar-refractivity contribution < 1.29 is 18.3 Å². The van der Waals surface area contributed by atoms with E-state index in [1.165, 1.54) is 24.3 Å². The highest BCUT2D eigenvalue weighted by Gasteiger charge is 2.29. The predicted octanol–water partition coefficient (Wildman–Crippen LogP) is 2.77. The molecule has 0 atom stereocenters. The molecule has 0 heterocycles. The monoisotopic (exact) mass is 313 g/mol. The number of nitrogens with one attached hydrogen (secondary N) is 1. The quantitative estimate of drug-likeness (QED) is 0.773. The van der Waals surface area contributed by atoms with Crippen molar-refractivity contribution in [2.75, 3.05) is 0 Å². The Morgan fingerprint density at radius 2 is 1.57 bits per heavy atom. The fourth-order valence-corrected chi connectivity index (χ4v) is 4.09. The average molecular weight is 313 g/mol. The molecule has 6 heteroatoms. The van der Waals surface area contributed by atoms with Gasteiger partial charge in [-0.25, -0.2) is 17.9 Å². The number of sulfonamides is 1. The van der Waals surface area contributed by atoms with Gasteiger partial charge in [-0.2, -0.15) is 0 Å². The van der Waals surface area contributed by atoms with Crippen LogP contribution in [0.15, 0.2) is 24.3 Å². The third-order valence-corrected chi connectivity index (χ3v) is 5.42. The predicted molar refractivity (Wildman–Crippen MR) is 82.8 cm³/mol. The number of carboxylic acids is 1. The molecule has 21 heavy (non-hydrogen) atoms. The van der Waals surface area contributed by atoms with Crippen molar-refractivity contribution in [1.29, 1.82) is 0 Å². The summed E-state index contributed by atoms with van der Waals surface area (Å²) in [4.78, 5) is 10.8. The molecule has 1 aromatic rings. The van der Waals surface area contributed by atoms with Crippen LogP contribution >= 0.6 is 0 Å². The lowest BCUT2D eigenvalue weighted by atomic mass is 9.91. The van der Waals surface area contributed by atoms with Gasteiger partial charge in [0.2, 0.25) is 10.0 Å². The molecular formula is C15H23NO4S. The molecule has 118 valence electrons. The molecule has 0 saturated heterocycles. The van der Waals surface area contributed by atoms with E-state index in [0.29, 0.717) is 5.56 Å². The maximum Gasteiger partial charge on any atom is 0.335 e. The number of aromatic carboxylic acids is 1. The van der Waals surface area contributed by atoms with Crippen molar-refractivity contribution in [3.05, 3.63) is 35.4 Å². The highest BCUT2D eigenvalue weighted by molar-refractivity contribution is 7.88. The normalized spacial score (nSPS) is 12.3. The molecule has 0 aliphatic heterocycles. The van der Waals surface area contributed by atoms with Gasteiger partial charge in [0.15, 0.2) is 0 Å². The van der Waals surface area contributed by atoms with Crippen molar-refractivity contribution in [2.45, 2.75) is 51.3 Å². The van der Waals surface area contributed by atoms with Gasteiger partial charge in [0.05, 0.1) is 11.3 Å². The summed E-state index contributed by atoms with van der Waals surface area (Å²) in [6.45, 7) is 5.91. The topological polar surface area (TPSA) is 83.5 Å². The van der Waals surface area contributed by atoms with Gasteiger partial charge in [0.1, 0.15) is 0 Å². The molecule has 0 radical (unpaired) electrons. The van der Waals surface area contributed by atoms with E-state index in [1.807, 2.05) is 20.8 Å². The Balaban J connectivity index is 2.87. The second-order valence-corrected chi connectivity index (χ2v) is 6.93. The maximum absolute atomic E-state index is 12.3. The fraction of sp³-hybridized carbons (Fsp3) is 0.533. The van der Waals surface area contributed by atoms with Crippen LogP contribution in [-0.4, -0.2) is 25.0 Å². The summed E-state index contributed by atoms with van der Waals surface area (Å²) < 4.78 is 27.4. The van der Waals surface area contributed by atoms with Gasteiger partial charge in [-0.1, -0.05) is 32.9 Å². The summed E-state index contributed by atoms with van der Waals surface area (Å²) in [6, 6.07) is 5.90. The van der Waals surface area contributed by atoms with E-state index in [-0.39, 0.29) is 11.3 Å². The molecule has 0 fully saturated rings. The third kappa shape index (κ3) is 4.82. The summed E-state index contributed by atoms with van der Waals surface area (Å²) in [7, 11) is -3.46. The molecule has 2 N–H and O–H groups in total.